The fourth-order valence-electron chi connectivity index (χ4n) is 7.72. The predicted molar refractivity (Wildman–Crippen MR) is 176 cm³/mol. The van der Waals surface area contributed by atoms with Crippen molar-refractivity contribution in [1.82, 2.24) is 0 Å². The van der Waals surface area contributed by atoms with Crippen LogP contribution in [0.3, 0.4) is 0 Å². The van der Waals surface area contributed by atoms with Crippen LogP contribution in [0.5, 0.6) is 0 Å². The quantitative estimate of drug-likeness (QED) is 0.240. The van der Waals surface area contributed by atoms with Crippen molar-refractivity contribution in [3.8, 4) is 11.1 Å². The Morgan fingerprint density at radius 1 is 0.643 bits per heavy atom. The van der Waals surface area contributed by atoms with Gasteiger partial charge in [-0.25, -0.2) is 0 Å². The van der Waals surface area contributed by atoms with E-state index >= 15 is 0 Å². The van der Waals surface area contributed by atoms with Gasteiger partial charge in [-0.1, -0.05) is 140 Å². The SMILES string of the molecule is C=C1/C=C\C([C@@H]2c3ccccc3C(c3ccccc3)=C3C=CCCC32)=C/CN=C2c3ccccc3-c3ccccc3C12. The summed E-state index contributed by atoms with van der Waals surface area (Å²) in [7, 11) is 0. The van der Waals surface area contributed by atoms with Crippen LogP contribution in [0, 0.1) is 5.92 Å². The first-order chi connectivity index (χ1) is 20.8. The summed E-state index contributed by atoms with van der Waals surface area (Å²) in [6.07, 6.45) is 14.0. The molecule has 0 bridgehead atoms. The average Bonchev–Trinajstić information content (AvgIpc) is 3.13. The minimum Gasteiger partial charge on any atom is -0.284 e. The first-order valence-corrected chi connectivity index (χ1v) is 15.1. The van der Waals surface area contributed by atoms with Crippen molar-refractivity contribution in [3.05, 3.63) is 185 Å². The summed E-state index contributed by atoms with van der Waals surface area (Å²) in [5.74, 6) is 0.746. The standard InChI is InChI=1S/C41H33N/c1-27-23-24-29(25-26-42-41-37-22-12-6-16-31(37)30-15-5-7-17-32(30)38(27)41)40-35-20-10-8-18-33(35)39(28-13-3-2-4-14-28)34-19-9-11-21-36(34)40/h2-10,12-20,22-25,36,38,40H,1,11,21,26H2/b24-23-,29-25+,42-41?/t36?,38?,40-/m1/s1. The van der Waals surface area contributed by atoms with Gasteiger partial charge in [0.15, 0.2) is 0 Å². The normalized spacial score (nSPS) is 24.3. The second-order valence-electron chi connectivity index (χ2n) is 11.8. The molecular formula is C41H33N. The van der Waals surface area contributed by atoms with Crippen molar-refractivity contribution in [3.63, 3.8) is 0 Å². The Kier molecular flexibility index (Phi) is 6.11. The Labute approximate surface area is 248 Å². The molecule has 0 saturated heterocycles. The molecule has 0 aromatic heterocycles. The largest absolute Gasteiger partial charge is 0.284 e. The van der Waals surface area contributed by atoms with Crippen LogP contribution in [0.1, 0.15) is 52.5 Å². The molecule has 8 rings (SSSR count). The van der Waals surface area contributed by atoms with E-state index in [1.54, 1.807) is 0 Å². The van der Waals surface area contributed by atoms with E-state index in [0.29, 0.717) is 12.5 Å². The monoisotopic (exact) mass is 539 g/mol. The Balaban J connectivity index is 1.28. The van der Waals surface area contributed by atoms with Crippen LogP contribution in [0.2, 0.25) is 0 Å². The van der Waals surface area contributed by atoms with Crippen molar-refractivity contribution >= 4 is 11.3 Å². The first-order valence-electron chi connectivity index (χ1n) is 15.1. The number of nitrogens with zero attached hydrogens (tertiary/aromatic N) is 1. The zero-order valence-electron chi connectivity index (χ0n) is 23.7. The first kappa shape index (κ1) is 25.0. The lowest BCUT2D eigenvalue weighted by Gasteiger charge is -2.39. The van der Waals surface area contributed by atoms with Crippen LogP contribution in [-0.4, -0.2) is 12.3 Å². The van der Waals surface area contributed by atoms with E-state index in [0.717, 1.165) is 24.1 Å². The summed E-state index contributed by atoms with van der Waals surface area (Å²) in [5.41, 5.74) is 15.6. The highest BCUT2D eigenvalue weighted by Crippen LogP contribution is 2.52. The molecule has 2 unspecified atom stereocenters. The molecule has 3 atom stereocenters. The molecule has 202 valence electrons. The molecule has 42 heavy (non-hydrogen) atoms. The third kappa shape index (κ3) is 3.96. The van der Waals surface area contributed by atoms with Crippen molar-refractivity contribution in [2.24, 2.45) is 10.9 Å². The number of fused-ring (bicyclic) bond motifs is 8. The van der Waals surface area contributed by atoms with E-state index in [-0.39, 0.29) is 11.8 Å². The fraction of sp³-hybridized carbons (Fsp3) is 0.146. The highest BCUT2D eigenvalue weighted by molar-refractivity contribution is 6.15. The number of hydrogen-bond donors (Lipinski definition) is 0. The van der Waals surface area contributed by atoms with Crippen LogP contribution in [0.25, 0.3) is 16.7 Å². The Hall–Kier alpha value is -4.75. The van der Waals surface area contributed by atoms with E-state index in [2.05, 4.69) is 140 Å². The van der Waals surface area contributed by atoms with Crippen molar-refractivity contribution in [1.29, 1.82) is 0 Å². The van der Waals surface area contributed by atoms with Crippen LogP contribution >= 0.6 is 0 Å². The van der Waals surface area contributed by atoms with Crippen LogP contribution in [-0.2, 0) is 0 Å². The van der Waals surface area contributed by atoms with Crippen molar-refractivity contribution in [2.75, 3.05) is 6.54 Å². The number of rotatable bonds is 2. The molecule has 4 aliphatic rings. The molecule has 0 saturated carbocycles. The topological polar surface area (TPSA) is 12.4 Å². The minimum atomic E-state index is 0.0523. The van der Waals surface area contributed by atoms with Crippen molar-refractivity contribution in [2.45, 2.75) is 24.7 Å². The zero-order chi connectivity index (χ0) is 28.0. The van der Waals surface area contributed by atoms with E-state index in [1.165, 1.54) is 55.7 Å². The second-order valence-corrected chi connectivity index (χ2v) is 11.8. The predicted octanol–water partition coefficient (Wildman–Crippen LogP) is 9.86. The third-order valence-corrected chi connectivity index (χ3v) is 9.51. The van der Waals surface area contributed by atoms with Gasteiger partial charge in [-0.3, -0.25) is 4.99 Å². The molecule has 3 aliphatic carbocycles. The van der Waals surface area contributed by atoms with Crippen LogP contribution < -0.4 is 0 Å². The fourth-order valence-corrected chi connectivity index (χ4v) is 7.72. The minimum absolute atomic E-state index is 0.0523. The molecule has 4 aromatic carbocycles. The van der Waals surface area contributed by atoms with Gasteiger partial charge in [0.2, 0.25) is 0 Å². The maximum Gasteiger partial charge on any atom is 0.0580 e. The summed E-state index contributed by atoms with van der Waals surface area (Å²) in [4.78, 5) is 5.34. The molecule has 0 fully saturated rings. The number of aliphatic imine (C=N–C) groups is 1. The van der Waals surface area contributed by atoms with Gasteiger partial charge in [0.25, 0.3) is 0 Å². The Morgan fingerprint density at radius 3 is 2.17 bits per heavy atom. The highest BCUT2D eigenvalue weighted by atomic mass is 14.7. The van der Waals surface area contributed by atoms with E-state index in [9.17, 15) is 0 Å². The number of benzene rings is 4. The maximum absolute atomic E-state index is 5.34. The van der Waals surface area contributed by atoms with Gasteiger partial charge in [-0.15, -0.1) is 0 Å². The molecule has 0 amide bonds. The van der Waals surface area contributed by atoms with Gasteiger partial charge in [-0.05, 0) is 74.4 Å². The highest BCUT2D eigenvalue weighted by Gasteiger charge is 2.37. The molecular weight excluding hydrogens is 506 g/mol. The zero-order valence-corrected chi connectivity index (χ0v) is 23.7. The lowest BCUT2D eigenvalue weighted by atomic mass is 9.64. The summed E-state index contributed by atoms with van der Waals surface area (Å²) < 4.78 is 0. The van der Waals surface area contributed by atoms with Crippen LogP contribution in [0.4, 0.5) is 0 Å². The van der Waals surface area contributed by atoms with E-state index < -0.39 is 0 Å². The maximum atomic E-state index is 5.34. The molecule has 1 aliphatic heterocycles. The summed E-state index contributed by atoms with van der Waals surface area (Å²) >= 11 is 0. The van der Waals surface area contributed by atoms with Crippen LogP contribution in [0.15, 0.2) is 162 Å². The summed E-state index contributed by atoms with van der Waals surface area (Å²) in [6.45, 7) is 5.31. The average molecular weight is 540 g/mol. The number of hydrogen-bond acceptors (Lipinski definition) is 1. The molecule has 1 heterocycles. The molecule has 0 spiro atoms. The Bertz CT molecular complexity index is 1880. The lowest BCUT2D eigenvalue weighted by Crippen LogP contribution is -2.25. The molecule has 4 aromatic rings. The molecule has 0 radical (unpaired) electrons. The number of allylic oxidation sites excluding steroid dienone is 7. The summed E-state index contributed by atoms with van der Waals surface area (Å²) in [6, 6.07) is 37.5. The smallest absolute Gasteiger partial charge is 0.0580 e. The van der Waals surface area contributed by atoms with Crippen molar-refractivity contribution < 1.29 is 0 Å². The van der Waals surface area contributed by atoms with Gasteiger partial charge < -0.3 is 0 Å². The second kappa shape index (κ2) is 10.3. The van der Waals surface area contributed by atoms with E-state index in [4.69, 9.17) is 4.99 Å². The molecule has 0 N–H and O–H groups in total. The molecule has 1 heteroatoms. The summed E-state index contributed by atoms with van der Waals surface area (Å²) in [5, 5.41) is 0. The van der Waals surface area contributed by atoms with Gasteiger partial charge in [0, 0.05) is 11.5 Å². The third-order valence-electron chi connectivity index (χ3n) is 9.51. The van der Waals surface area contributed by atoms with Gasteiger partial charge in [0.05, 0.1) is 18.2 Å². The van der Waals surface area contributed by atoms with Gasteiger partial charge >= 0.3 is 0 Å². The van der Waals surface area contributed by atoms with Gasteiger partial charge in [0.1, 0.15) is 0 Å². The lowest BCUT2D eigenvalue weighted by molar-refractivity contribution is 0.495. The van der Waals surface area contributed by atoms with E-state index in [1.807, 2.05) is 0 Å². The Morgan fingerprint density at radius 2 is 1.33 bits per heavy atom. The molecule has 1 nitrogen and oxygen atoms in total. The van der Waals surface area contributed by atoms with Gasteiger partial charge in [-0.2, -0.15) is 0 Å².